The molecule has 2 aliphatic rings. The summed E-state index contributed by atoms with van der Waals surface area (Å²) in [5, 5.41) is 8.78. The molecular weight excluding hydrogens is 237 g/mol. The summed E-state index contributed by atoms with van der Waals surface area (Å²) < 4.78 is 42.8. The van der Waals surface area contributed by atoms with Crippen LogP contribution >= 0.6 is 0 Å². The largest absolute Gasteiger partial charge is 0.478 e. The second-order valence-corrected chi connectivity index (χ2v) is 3.56. The molecule has 3 nitrogen and oxygen atoms in total. The number of aliphatic carboxylic acids is 1. The minimum Gasteiger partial charge on any atom is -0.478 e. The van der Waals surface area contributed by atoms with E-state index in [4.69, 9.17) is 9.84 Å². The zero-order valence-electron chi connectivity index (χ0n) is 8.36. The Balaban J connectivity index is 2.48. The lowest BCUT2D eigenvalue weighted by Gasteiger charge is -2.24. The summed E-state index contributed by atoms with van der Waals surface area (Å²) in [6.45, 7) is 0. The summed E-state index contributed by atoms with van der Waals surface area (Å²) in [4.78, 5) is 10.8. The highest BCUT2D eigenvalue weighted by molar-refractivity contribution is 5.89. The average Bonchev–Trinajstić information content (AvgIpc) is 2.26. The molecule has 0 saturated heterocycles. The molecule has 0 radical (unpaired) electrons. The van der Waals surface area contributed by atoms with Crippen LogP contribution in [0.25, 0.3) is 0 Å². The van der Waals surface area contributed by atoms with Gasteiger partial charge < -0.3 is 9.84 Å². The van der Waals surface area contributed by atoms with Crippen LogP contribution in [-0.2, 0) is 9.53 Å². The number of ether oxygens (including phenoxy) is 1. The van der Waals surface area contributed by atoms with Crippen molar-refractivity contribution in [1.82, 2.24) is 0 Å². The van der Waals surface area contributed by atoms with E-state index in [1.165, 1.54) is 18.6 Å². The van der Waals surface area contributed by atoms with E-state index in [0.717, 1.165) is 12.2 Å². The molecule has 1 aliphatic heterocycles. The summed E-state index contributed by atoms with van der Waals surface area (Å²) >= 11 is 0. The van der Waals surface area contributed by atoms with Crippen molar-refractivity contribution in [2.45, 2.75) is 6.18 Å². The lowest BCUT2D eigenvalue weighted by molar-refractivity contribution is -0.159. The smallest absolute Gasteiger partial charge is 0.399 e. The van der Waals surface area contributed by atoms with Gasteiger partial charge in [0.05, 0.1) is 18.1 Å². The van der Waals surface area contributed by atoms with Gasteiger partial charge in [0.15, 0.2) is 0 Å². The summed E-state index contributed by atoms with van der Waals surface area (Å²) in [5.41, 5.74) is -0.0691. The second kappa shape index (κ2) is 3.80. The first kappa shape index (κ1) is 11.5. The van der Waals surface area contributed by atoms with Crippen LogP contribution in [0.5, 0.6) is 0 Å². The number of alkyl halides is 3. The molecule has 0 aromatic heterocycles. The first-order chi connectivity index (χ1) is 7.89. The molecule has 6 heteroatoms. The molecule has 0 aromatic rings. The van der Waals surface area contributed by atoms with E-state index in [2.05, 4.69) is 0 Å². The van der Waals surface area contributed by atoms with Crippen LogP contribution in [0.15, 0.2) is 47.5 Å². The van der Waals surface area contributed by atoms with Gasteiger partial charge in [-0.3, -0.25) is 0 Å². The highest BCUT2D eigenvalue weighted by Gasteiger charge is 2.44. The number of carboxylic acids is 1. The van der Waals surface area contributed by atoms with Gasteiger partial charge in [-0.2, -0.15) is 13.2 Å². The molecule has 1 N–H and O–H groups in total. The maximum absolute atomic E-state index is 12.7. The number of carbonyl (C=O) groups is 1. The maximum Gasteiger partial charge on any atom is 0.399 e. The Morgan fingerprint density at radius 2 is 2.06 bits per heavy atom. The third-order valence-electron chi connectivity index (χ3n) is 2.45. The molecule has 2 rings (SSSR count). The number of carboxylic acid groups (broad SMARTS) is 1. The van der Waals surface area contributed by atoms with Crippen molar-refractivity contribution < 1.29 is 27.8 Å². The van der Waals surface area contributed by atoms with Crippen LogP contribution in [0.3, 0.4) is 0 Å². The van der Waals surface area contributed by atoms with Gasteiger partial charge in [0.2, 0.25) is 0 Å². The summed E-state index contributed by atoms with van der Waals surface area (Å²) in [6, 6.07) is 0. The molecule has 0 spiro atoms. The highest BCUT2D eigenvalue weighted by Crippen LogP contribution is 2.39. The topological polar surface area (TPSA) is 46.5 Å². The summed E-state index contributed by atoms with van der Waals surface area (Å²) in [7, 11) is 0. The SMILES string of the molecule is O=C(O)C1=CC2=COC=CC2=C[C@H]1C(F)(F)F. The molecule has 0 amide bonds. The molecule has 0 unspecified atom stereocenters. The predicted molar refractivity (Wildman–Crippen MR) is 51.7 cm³/mol. The Kier molecular flexibility index (Phi) is 2.57. The van der Waals surface area contributed by atoms with Gasteiger partial charge in [0.25, 0.3) is 0 Å². The monoisotopic (exact) mass is 244 g/mol. The molecule has 17 heavy (non-hydrogen) atoms. The fourth-order valence-electron chi connectivity index (χ4n) is 1.65. The molecule has 0 fully saturated rings. The quantitative estimate of drug-likeness (QED) is 0.771. The molecule has 0 aromatic carbocycles. The van der Waals surface area contributed by atoms with Crippen LogP contribution in [-0.4, -0.2) is 17.3 Å². The molecular formula is C11H7F3O3. The minimum absolute atomic E-state index is 0.309. The van der Waals surface area contributed by atoms with Gasteiger partial charge in [0, 0.05) is 5.57 Å². The number of hydrogen-bond donors (Lipinski definition) is 1. The molecule has 90 valence electrons. The molecule has 0 saturated carbocycles. The van der Waals surface area contributed by atoms with Crippen molar-refractivity contribution in [3.05, 3.63) is 47.5 Å². The van der Waals surface area contributed by atoms with Crippen LogP contribution in [0, 0.1) is 5.92 Å². The number of allylic oxidation sites excluding steroid dienone is 5. The van der Waals surface area contributed by atoms with Crippen LogP contribution < -0.4 is 0 Å². The summed E-state index contributed by atoms with van der Waals surface area (Å²) in [6.07, 6.45) is 1.06. The van der Waals surface area contributed by atoms with E-state index in [-0.39, 0.29) is 0 Å². The van der Waals surface area contributed by atoms with Gasteiger partial charge in [0.1, 0.15) is 5.92 Å². The first-order valence-electron chi connectivity index (χ1n) is 4.65. The van der Waals surface area contributed by atoms with Crippen molar-refractivity contribution >= 4 is 5.97 Å². The number of rotatable bonds is 1. The Labute approximate surface area is 94.2 Å². The Morgan fingerprint density at radius 3 is 2.65 bits per heavy atom. The van der Waals surface area contributed by atoms with Gasteiger partial charge in [-0.25, -0.2) is 4.79 Å². The number of hydrogen-bond acceptors (Lipinski definition) is 2. The Bertz CT molecular complexity index is 481. The average molecular weight is 244 g/mol. The van der Waals surface area contributed by atoms with Gasteiger partial charge in [-0.05, 0) is 17.7 Å². The maximum atomic E-state index is 12.7. The van der Waals surface area contributed by atoms with Crippen LogP contribution in [0.2, 0.25) is 0 Å². The fraction of sp³-hybridized carbons (Fsp3) is 0.182. The predicted octanol–water partition coefficient (Wildman–Crippen LogP) is 2.54. The summed E-state index contributed by atoms with van der Waals surface area (Å²) in [5.74, 6) is -3.67. The lowest BCUT2D eigenvalue weighted by atomic mass is 9.86. The third-order valence-corrected chi connectivity index (χ3v) is 2.45. The van der Waals surface area contributed by atoms with E-state index in [9.17, 15) is 18.0 Å². The first-order valence-corrected chi connectivity index (χ1v) is 4.65. The molecule has 1 aliphatic carbocycles. The standard InChI is InChI=1S/C11H7F3O3/c12-11(13,14)9-4-6-1-2-17-5-7(6)3-8(9)10(15)16/h1-5,9H,(H,15,16)/t9-/m1/s1. The molecule has 1 atom stereocenters. The van der Waals surface area contributed by atoms with Gasteiger partial charge in [-0.1, -0.05) is 6.08 Å². The number of fused-ring (bicyclic) bond motifs is 1. The van der Waals surface area contributed by atoms with E-state index in [1.807, 2.05) is 0 Å². The molecule has 0 bridgehead atoms. The molecule has 1 heterocycles. The Hall–Kier alpha value is -1.98. The van der Waals surface area contributed by atoms with Crippen molar-refractivity contribution in [2.75, 3.05) is 0 Å². The lowest BCUT2D eigenvalue weighted by Crippen LogP contribution is -2.29. The van der Waals surface area contributed by atoms with E-state index >= 15 is 0 Å². The fourth-order valence-corrected chi connectivity index (χ4v) is 1.65. The van der Waals surface area contributed by atoms with Crippen LogP contribution in [0.1, 0.15) is 0 Å². The normalized spacial score (nSPS) is 23.0. The van der Waals surface area contributed by atoms with E-state index < -0.39 is 23.6 Å². The number of halogens is 3. The van der Waals surface area contributed by atoms with Gasteiger partial charge >= 0.3 is 12.1 Å². The highest BCUT2D eigenvalue weighted by atomic mass is 19.4. The van der Waals surface area contributed by atoms with Gasteiger partial charge in [-0.15, -0.1) is 0 Å². The van der Waals surface area contributed by atoms with E-state index in [0.29, 0.717) is 11.1 Å². The van der Waals surface area contributed by atoms with Crippen molar-refractivity contribution in [2.24, 2.45) is 5.92 Å². The van der Waals surface area contributed by atoms with E-state index in [1.54, 1.807) is 0 Å². The van der Waals surface area contributed by atoms with Crippen molar-refractivity contribution in [3.8, 4) is 0 Å². The second-order valence-electron chi connectivity index (χ2n) is 3.56. The Morgan fingerprint density at radius 1 is 1.35 bits per heavy atom. The van der Waals surface area contributed by atoms with Crippen molar-refractivity contribution in [1.29, 1.82) is 0 Å². The zero-order valence-corrected chi connectivity index (χ0v) is 8.36. The van der Waals surface area contributed by atoms with Crippen molar-refractivity contribution in [3.63, 3.8) is 0 Å². The third kappa shape index (κ3) is 2.11. The van der Waals surface area contributed by atoms with Crippen LogP contribution in [0.4, 0.5) is 13.2 Å². The zero-order chi connectivity index (χ0) is 12.6. The minimum atomic E-state index is -4.62.